The molecule has 2 aliphatic carbocycles. The molecule has 2 heteroatoms. The molecule has 0 aromatic carbocycles. The molecule has 0 amide bonds. The Morgan fingerprint density at radius 2 is 1.83 bits per heavy atom. The standard InChI is InChI=1S/C10H19N.ClH/c1-9(2)7-4-5-10(9,3)8(11)6-7;/h7-8H,4-6,11H2,1-3H3;1H/t7?,8?,10-;/m1./s1. The van der Waals surface area contributed by atoms with Crippen LogP contribution in [0.3, 0.4) is 0 Å². The topological polar surface area (TPSA) is 26.0 Å². The predicted octanol–water partition coefficient (Wildman–Crippen LogP) is 2.58. The predicted molar refractivity (Wildman–Crippen MR) is 54.5 cm³/mol. The van der Waals surface area contributed by atoms with E-state index in [1.807, 2.05) is 0 Å². The van der Waals surface area contributed by atoms with E-state index in [1.54, 1.807) is 0 Å². The van der Waals surface area contributed by atoms with E-state index in [0.29, 0.717) is 16.9 Å². The summed E-state index contributed by atoms with van der Waals surface area (Å²) in [6, 6.07) is 0.469. The fourth-order valence-corrected chi connectivity index (χ4v) is 3.27. The number of hydrogen-bond donors (Lipinski definition) is 1. The lowest BCUT2D eigenvalue weighted by atomic mass is 9.69. The Bertz CT molecular complexity index is 190. The fourth-order valence-electron chi connectivity index (χ4n) is 3.27. The average molecular weight is 190 g/mol. The van der Waals surface area contributed by atoms with Gasteiger partial charge in [-0.15, -0.1) is 12.4 Å². The van der Waals surface area contributed by atoms with Gasteiger partial charge in [0, 0.05) is 6.04 Å². The van der Waals surface area contributed by atoms with Crippen molar-refractivity contribution < 1.29 is 0 Å². The molecule has 0 aliphatic heterocycles. The molecular formula is C10H20ClN. The first-order valence-electron chi connectivity index (χ1n) is 4.74. The van der Waals surface area contributed by atoms with Gasteiger partial charge >= 0.3 is 0 Å². The zero-order valence-electron chi connectivity index (χ0n) is 8.26. The smallest absolute Gasteiger partial charge is 0.0101 e. The zero-order valence-corrected chi connectivity index (χ0v) is 9.08. The van der Waals surface area contributed by atoms with E-state index >= 15 is 0 Å². The van der Waals surface area contributed by atoms with E-state index in [-0.39, 0.29) is 12.4 Å². The molecule has 0 spiro atoms. The van der Waals surface area contributed by atoms with E-state index in [4.69, 9.17) is 5.73 Å². The Morgan fingerprint density at radius 3 is 2.00 bits per heavy atom. The van der Waals surface area contributed by atoms with Crippen LogP contribution < -0.4 is 5.73 Å². The molecular weight excluding hydrogens is 170 g/mol. The molecule has 0 aromatic rings. The lowest BCUT2D eigenvalue weighted by Gasteiger charge is -2.37. The van der Waals surface area contributed by atoms with Crippen molar-refractivity contribution in [2.75, 3.05) is 0 Å². The molecule has 0 radical (unpaired) electrons. The Balaban J connectivity index is 0.000000720. The molecule has 0 heterocycles. The van der Waals surface area contributed by atoms with Crippen LogP contribution in [0.1, 0.15) is 40.0 Å². The molecule has 2 N–H and O–H groups in total. The Morgan fingerprint density at radius 1 is 1.25 bits per heavy atom. The minimum absolute atomic E-state index is 0. The van der Waals surface area contributed by atoms with E-state index in [0.717, 1.165) is 5.92 Å². The first kappa shape index (κ1) is 10.3. The van der Waals surface area contributed by atoms with E-state index in [2.05, 4.69) is 20.8 Å². The van der Waals surface area contributed by atoms with Crippen LogP contribution >= 0.6 is 12.4 Å². The lowest BCUT2D eigenvalue weighted by Crippen LogP contribution is -2.40. The monoisotopic (exact) mass is 189 g/mol. The normalized spacial score (nSPS) is 49.0. The molecule has 72 valence electrons. The van der Waals surface area contributed by atoms with Crippen molar-refractivity contribution in [1.29, 1.82) is 0 Å². The second-order valence-corrected chi connectivity index (χ2v) is 5.22. The summed E-state index contributed by atoms with van der Waals surface area (Å²) in [6.45, 7) is 7.18. The van der Waals surface area contributed by atoms with Crippen LogP contribution in [-0.4, -0.2) is 6.04 Å². The van der Waals surface area contributed by atoms with Gasteiger partial charge in [0.25, 0.3) is 0 Å². The SMILES string of the molecule is CC1(C)C2CC[C@]1(C)C(N)C2.Cl. The van der Waals surface area contributed by atoms with Crippen molar-refractivity contribution in [3.05, 3.63) is 0 Å². The van der Waals surface area contributed by atoms with Gasteiger partial charge in [0.1, 0.15) is 0 Å². The summed E-state index contributed by atoms with van der Waals surface area (Å²) in [5, 5.41) is 0. The summed E-state index contributed by atoms with van der Waals surface area (Å²) < 4.78 is 0. The minimum Gasteiger partial charge on any atom is -0.327 e. The quantitative estimate of drug-likeness (QED) is 0.623. The molecule has 2 unspecified atom stereocenters. The highest BCUT2D eigenvalue weighted by molar-refractivity contribution is 5.85. The first-order valence-corrected chi connectivity index (χ1v) is 4.74. The summed E-state index contributed by atoms with van der Waals surface area (Å²) >= 11 is 0. The molecule has 0 saturated heterocycles. The maximum Gasteiger partial charge on any atom is 0.0101 e. The van der Waals surface area contributed by atoms with E-state index < -0.39 is 0 Å². The Kier molecular flexibility index (Phi) is 2.25. The number of fused-ring (bicyclic) bond motifs is 2. The second kappa shape index (κ2) is 2.62. The summed E-state index contributed by atoms with van der Waals surface area (Å²) in [7, 11) is 0. The lowest BCUT2D eigenvalue weighted by molar-refractivity contribution is 0.136. The third-order valence-electron chi connectivity index (χ3n) is 4.86. The van der Waals surface area contributed by atoms with Gasteiger partial charge in [-0.05, 0) is 36.0 Å². The summed E-state index contributed by atoms with van der Waals surface area (Å²) in [5.41, 5.74) is 7.08. The van der Waals surface area contributed by atoms with Crippen LogP contribution in [0.25, 0.3) is 0 Å². The molecule has 2 rings (SSSR count). The Hall–Kier alpha value is 0.250. The highest BCUT2D eigenvalue weighted by Crippen LogP contribution is 2.64. The van der Waals surface area contributed by atoms with Gasteiger partial charge in [0.05, 0.1) is 0 Å². The zero-order chi connectivity index (χ0) is 8.28. The summed E-state index contributed by atoms with van der Waals surface area (Å²) in [6.07, 6.45) is 4.03. The van der Waals surface area contributed by atoms with Gasteiger partial charge in [-0.1, -0.05) is 20.8 Å². The molecule has 2 aliphatic rings. The molecule has 0 aromatic heterocycles. The van der Waals surface area contributed by atoms with E-state index in [9.17, 15) is 0 Å². The molecule has 12 heavy (non-hydrogen) atoms. The largest absolute Gasteiger partial charge is 0.327 e. The average Bonchev–Trinajstić information content (AvgIpc) is 2.20. The number of nitrogens with two attached hydrogens (primary N) is 1. The molecule has 2 fully saturated rings. The van der Waals surface area contributed by atoms with E-state index in [1.165, 1.54) is 19.3 Å². The maximum absolute atomic E-state index is 6.13. The van der Waals surface area contributed by atoms with Crippen molar-refractivity contribution in [2.24, 2.45) is 22.5 Å². The van der Waals surface area contributed by atoms with Crippen LogP contribution in [0.4, 0.5) is 0 Å². The second-order valence-electron chi connectivity index (χ2n) is 5.22. The molecule has 2 bridgehead atoms. The first-order chi connectivity index (χ1) is 4.98. The third kappa shape index (κ3) is 0.898. The highest BCUT2D eigenvalue weighted by Gasteiger charge is 2.59. The van der Waals surface area contributed by atoms with Gasteiger partial charge < -0.3 is 5.73 Å². The van der Waals surface area contributed by atoms with Crippen LogP contribution in [0.2, 0.25) is 0 Å². The van der Waals surface area contributed by atoms with Gasteiger partial charge in [-0.3, -0.25) is 0 Å². The van der Waals surface area contributed by atoms with Crippen LogP contribution in [0, 0.1) is 16.7 Å². The molecule has 1 nitrogen and oxygen atoms in total. The van der Waals surface area contributed by atoms with Crippen LogP contribution in [0.5, 0.6) is 0 Å². The van der Waals surface area contributed by atoms with Crippen LogP contribution in [0.15, 0.2) is 0 Å². The maximum atomic E-state index is 6.13. The summed E-state index contributed by atoms with van der Waals surface area (Å²) in [4.78, 5) is 0. The highest BCUT2D eigenvalue weighted by atomic mass is 35.5. The molecule has 2 saturated carbocycles. The summed E-state index contributed by atoms with van der Waals surface area (Å²) in [5.74, 6) is 0.905. The van der Waals surface area contributed by atoms with Gasteiger partial charge in [-0.2, -0.15) is 0 Å². The number of rotatable bonds is 0. The van der Waals surface area contributed by atoms with Crippen molar-refractivity contribution in [3.63, 3.8) is 0 Å². The third-order valence-corrected chi connectivity index (χ3v) is 4.86. The Labute approximate surface area is 81.5 Å². The van der Waals surface area contributed by atoms with Crippen molar-refractivity contribution in [2.45, 2.75) is 46.1 Å². The van der Waals surface area contributed by atoms with Crippen molar-refractivity contribution >= 4 is 12.4 Å². The fraction of sp³-hybridized carbons (Fsp3) is 1.00. The van der Waals surface area contributed by atoms with Crippen molar-refractivity contribution in [1.82, 2.24) is 0 Å². The number of hydrogen-bond acceptors (Lipinski definition) is 1. The number of halogens is 1. The minimum atomic E-state index is 0. The van der Waals surface area contributed by atoms with Crippen molar-refractivity contribution in [3.8, 4) is 0 Å². The van der Waals surface area contributed by atoms with Gasteiger partial charge in [-0.25, -0.2) is 0 Å². The van der Waals surface area contributed by atoms with Gasteiger partial charge in [0.15, 0.2) is 0 Å². The van der Waals surface area contributed by atoms with Crippen LogP contribution in [-0.2, 0) is 0 Å². The molecule has 3 atom stereocenters. The van der Waals surface area contributed by atoms with Gasteiger partial charge in [0.2, 0.25) is 0 Å².